The molecule has 0 unspecified atom stereocenters. The van der Waals surface area contributed by atoms with Crippen LogP contribution in [-0.2, 0) is 0 Å². The van der Waals surface area contributed by atoms with Crippen molar-refractivity contribution in [3.8, 4) is 0 Å². The van der Waals surface area contributed by atoms with Crippen molar-refractivity contribution in [2.45, 2.75) is 19.8 Å². The SMILES string of the molecule is [C-]#[N+]c1cc(Cl)ccc1C(C)C. The zero-order valence-corrected chi connectivity index (χ0v) is 7.89. The molecule has 0 saturated heterocycles. The summed E-state index contributed by atoms with van der Waals surface area (Å²) in [5.74, 6) is 0.381. The van der Waals surface area contributed by atoms with Crippen LogP contribution in [0.2, 0.25) is 5.02 Å². The van der Waals surface area contributed by atoms with Gasteiger partial charge in [0.15, 0.2) is 5.69 Å². The Morgan fingerprint density at radius 3 is 2.58 bits per heavy atom. The first-order chi connectivity index (χ1) is 5.65. The zero-order valence-electron chi connectivity index (χ0n) is 7.13. The summed E-state index contributed by atoms with van der Waals surface area (Å²) in [4.78, 5) is 3.42. The van der Waals surface area contributed by atoms with Crippen molar-refractivity contribution in [2.24, 2.45) is 0 Å². The molecule has 0 amide bonds. The van der Waals surface area contributed by atoms with Gasteiger partial charge in [-0.3, -0.25) is 0 Å². The molecule has 2 heteroatoms. The van der Waals surface area contributed by atoms with Crippen LogP contribution in [0, 0.1) is 6.57 Å². The summed E-state index contributed by atoms with van der Waals surface area (Å²) in [6.07, 6.45) is 0. The minimum absolute atomic E-state index is 0.381. The Bertz CT molecular complexity index is 323. The molecule has 0 bridgehead atoms. The smallest absolute Gasteiger partial charge is 0.192 e. The lowest BCUT2D eigenvalue weighted by atomic mass is 10.0. The van der Waals surface area contributed by atoms with Crippen LogP contribution in [0.15, 0.2) is 18.2 Å². The van der Waals surface area contributed by atoms with Gasteiger partial charge >= 0.3 is 0 Å². The Morgan fingerprint density at radius 1 is 1.42 bits per heavy atom. The minimum atomic E-state index is 0.381. The van der Waals surface area contributed by atoms with E-state index in [0.717, 1.165) is 5.56 Å². The first-order valence-electron chi connectivity index (χ1n) is 3.82. The number of halogens is 1. The first kappa shape index (κ1) is 9.09. The second-order valence-electron chi connectivity index (χ2n) is 2.97. The van der Waals surface area contributed by atoms with Gasteiger partial charge in [-0.15, -0.1) is 0 Å². The van der Waals surface area contributed by atoms with Gasteiger partial charge in [0.2, 0.25) is 0 Å². The van der Waals surface area contributed by atoms with Crippen LogP contribution < -0.4 is 0 Å². The topological polar surface area (TPSA) is 4.36 Å². The molecular formula is C10H10ClN. The highest BCUT2D eigenvalue weighted by atomic mass is 35.5. The van der Waals surface area contributed by atoms with Gasteiger partial charge in [-0.05, 0) is 23.6 Å². The summed E-state index contributed by atoms with van der Waals surface area (Å²) in [5.41, 5.74) is 1.73. The average molecular weight is 180 g/mol. The number of benzene rings is 1. The van der Waals surface area contributed by atoms with Crippen molar-refractivity contribution in [1.82, 2.24) is 0 Å². The molecule has 12 heavy (non-hydrogen) atoms. The molecule has 62 valence electrons. The Labute approximate surface area is 77.8 Å². The molecule has 1 aromatic rings. The fourth-order valence-electron chi connectivity index (χ4n) is 1.10. The molecule has 0 radical (unpaired) electrons. The van der Waals surface area contributed by atoms with Gasteiger partial charge in [0, 0.05) is 5.02 Å². The highest BCUT2D eigenvalue weighted by molar-refractivity contribution is 6.30. The van der Waals surface area contributed by atoms with Crippen LogP contribution >= 0.6 is 11.6 Å². The fraction of sp³-hybridized carbons (Fsp3) is 0.300. The largest absolute Gasteiger partial charge is 0.238 e. The molecule has 1 nitrogen and oxygen atoms in total. The predicted octanol–water partition coefficient (Wildman–Crippen LogP) is 4.01. The second-order valence-corrected chi connectivity index (χ2v) is 3.41. The van der Waals surface area contributed by atoms with E-state index in [4.69, 9.17) is 18.2 Å². The van der Waals surface area contributed by atoms with Gasteiger partial charge in [-0.2, -0.15) is 0 Å². The van der Waals surface area contributed by atoms with E-state index >= 15 is 0 Å². The molecule has 1 rings (SSSR count). The number of rotatable bonds is 1. The monoisotopic (exact) mass is 179 g/mol. The summed E-state index contributed by atoms with van der Waals surface area (Å²) in [7, 11) is 0. The van der Waals surface area contributed by atoms with Crippen LogP contribution in [-0.4, -0.2) is 0 Å². The summed E-state index contributed by atoms with van der Waals surface area (Å²) in [6, 6.07) is 5.45. The molecule has 0 saturated carbocycles. The van der Waals surface area contributed by atoms with Crippen molar-refractivity contribution >= 4 is 17.3 Å². The third kappa shape index (κ3) is 1.78. The maximum absolute atomic E-state index is 6.94. The third-order valence-corrected chi connectivity index (χ3v) is 1.97. The first-order valence-corrected chi connectivity index (χ1v) is 4.20. The molecule has 1 aromatic carbocycles. The maximum atomic E-state index is 6.94. The lowest BCUT2D eigenvalue weighted by Gasteiger charge is -2.07. The van der Waals surface area contributed by atoms with E-state index in [1.165, 1.54) is 0 Å². The molecule has 0 aliphatic carbocycles. The van der Waals surface area contributed by atoms with Gasteiger partial charge in [0.05, 0.1) is 6.57 Å². The zero-order chi connectivity index (χ0) is 9.14. The standard InChI is InChI=1S/C10H10ClN/c1-7(2)9-5-4-8(11)6-10(9)12-3/h4-7H,1-2H3. The molecule has 0 fully saturated rings. The van der Waals surface area contributed by atoms with Crippen LogP contribution in [0.4, 0.5) is 5.69 Å². The fourth-order valence-corrected chi connectivity index (χ4v) is 1.27. The summed E-state index contributed by atoms with van der Waals surface area (Å²) in [6.45, 7) is 11.1. The minimum Gasteiger partial charge on any atom is -0.238 e. The van der Waals surface area contributed by atoms with Gasteiger partial charge in [-0.25, -0.2) is 4.85 Å². The Kier molecular flexibility index (Phi) is 2.73. The van der Waals surface area contributed by atoms with E-state index in [1.54, 1.807) is 6.07 Å². The van der Waals surface area contributed by atoms with Crippen LogP contribution in [0.25, 0.3) is 4.85 Å². The van der Waals surface area contributed by atoms with Crippen molar-refractivity contribution in [2.75, 3.05) is 0 Å². The Morgan fingerprint density at radius 2 is 2.08 bits per heavy atom. The normalized spacial score (nSPS) is 9.92. The van der Waals surface area contributed by atoms with Gasteiger partial charge in [0.1, 0.15) is 0 Å². The summed E-state index contributed by atoms with van der Waals surface area (Å²) in [5, 5.41) is 0.630. The van der Waals surface area contributed by atoms with E-state index in [9.17, 15) is 0 Å². The molecule has 0 N–H and O–H groups in total. The van der Waals surface area contributed by atoms with Gasteiger partial charge in [-0.1, -0.05) is 31.5 Å². The van der Waals surface area contributed by atoms with E-state index in [2.05, 4.69) is 18.7 Å². The molecule has 0 heterocycles. The Hall–Kier alpha value is -1.00. The predicted molar refractivity (Wildman–Crippen MR) is 51.8 cm³/mol. The number of hydrogen-bond acceptors (Lipinski definition) is 0. The van der Waals surface area contributed by atoms with E-state index in [0.29, 0.717) is 16.6 Å². The Balaban J connectivity index is 3.23. The van der Waals surface area contributed by atoms with Gasteiger partial charge in [0.25, 0.3) is 0 Å². The maximum Gasteiger partial charge on any atom is 0.192 e. The molecule has 0 aliphatic heterocycles. The molecular weight excluding hydrogens is 170 g/mol. The van der Waals surface area contributed by atoms with Crippen molar-refractivity contribution in [3.05, 3.63) is 40.2 Å². The quantitative estimate of drug-likeness (QED) is 0.574. The molecule has 0 spiro atoms. The highest BCUT2D eigenvalue weighted by Crippen LogP contribution is 2.29. The second kappa shape index (κ2) is 3.60. The average Bonchev–Trinajstić information content (AvgIpc) is 2.03. The van der Waals surface area contributed by atoms with Gasteiger partial charge < -0.3 is 0 Å². The van der Waals surface area contributed by atoms with Crippen molar-refractivity contribution in [3.63, 3.8) is 0 Å². The number of hydrogen-bond donors (Lipinski definition) is 0. The van der Waals surface area contributed by atoms with E-state index < -0.39 is 0 Å². The summed E-state index contributed by atoms with van der Waals surface area (Å²) >= 11 is 5.76. The highest BCUT2D eigenvalue weighted by Gasteiger charge is 2.05. The third-order valence-electron chi connectivity index (χ3n) is 1.73. The lowest BCUT2D eigenvalue weighted by molar-refractivity contribution is 0.871. The molecule has 0 aromatic heterocycles. The van der Waals surface area contributed by atoms with E-state index in [1.807, 2.05) is 12.1 Å². The van der Waals surface area contributed by atoms with Crippen molar-refractivity contribution < 1.29 is 0 Å². The molecule has 0 aliphatic rings. The molecule has 0 atom stereocenters. The number of nitrogens with zero attached hydrogens (tertiary/aromatic N) is 1. The lowest BCUT2D eigenvalue weighted by Crippen LogP contribution is -1.86. The van der Waals surface area contributed by atoms with Crippen LogP contribution in [0.3, 0.4) is 0 Å². The van der Waals surface area contributed by atoms with Crippen LogP contribution in [0.1, 0.15) is 25.3 Å². The van der Waals surface area contributed by atoms with Crippen LogP contribution in [0.5, 0.6) is 0 Å². The summed E-state index contributed by atoms with van der Waals surface area (Å²) < 4.78 is 0. The van der Waals surface area contributed by atoms with Crippen molar-refractivity contribution in [1.29, 1.82) is 0 Å². The van der Waals surface area contributed by atoms with E-state index in [-0.39, 0.29) is 0 Å².